The molecule has 0 heterocycles. The van der Waals surface area contributed by atoms with Gasteiger partial charge in [-0.3, -0.25) is 0 Å². The molecule has 0 N–H and O–H groups in total. The molecule has 10 heavy (non-hydrogen) atoms. The Morgan fingerprint density at radius 2 is 2.20 bits per heavy atom. The molecule has 1 rings (SSSR count). The Morgan fingerprint density at radius 3 is 2.70 bits per heavy atom. The molecule has 0 aliphatic rings. The molecule has 0 radical (unpaired) electrons. The third-order valence-corrected chi connectivity index (χ3v) is 2.60. The zero-order valence-electron chi connectivity index (χ0n) is 5.47. The Bertz CT molecular complexity index is 237. The van der Waals surface area contributed by atoms with E-state index >= 15 is 0 Å². The highest BCUT2D eigenvalue weighted by Gasteiger charge is 1.99. The van der Waals surface area contributed by atoms with E-state index in [2.05, 4.69) is 28.6 Å². The van der Waals surface area contributed by atoms with Gasteiger partial charge in [-0.15, -0.1) is 12.6 Å². The normalized spacial score (nSPS) is 9.50. The van der Waals surface area contributed by atoms with Crippen molar-refractivity contribution in [2.75, 3.05) is 7.11 Å². The van der Waals surface area contributed by atoms with Crippen LogP contribution in [0.15, 0.2) is 27.6 Å². The minimum absolute atomic E-state index is 0.790. The summed E-state index contributed by atoms with van der Waals surface area (Å²) < 4.78 is 5.97. The number of ether oxygens (including phenoxy) is 1. The SMILES string of the molecule is COc1cccc(Br)c1S. The Labute approximate surface area is 73.9 Å². The first-order chi connectivity index (χ1) is 4.75. The largest absolute Gasteiger partial charge is 0.496 e. The second-order valence-corrected chi connectivity index (χ2v) is 3.09. The molecule has 0 aliphatic heterocycles. The standard InChI is InChI=1S/C7H7BrOS/c1-9-6-4-2-3-5(8)7(6)10/h2-4,10H,1H3. The third-order valence-electron chi connectivity index (χ3n) is 1.17. The van der Waals surface area contributed by atoms with Crippen molar-refractivity contribution in [2.24, 2.45) is 0 Å². The van der Waals surface area contributed by atoms with Crippen molar-refractivity contribution in [3.63, 3.8) is 0 Å². The summed E-state index contributed by atoms with van der Waals surface area (Å²) in [6.07, 6.45) is 0. The van der Waals surface area contributed by atoms with Crippen molar-refractivity contribution >= 4 is 28.6 Å². The van der Waals surface area contributed by atoms with Gasteiger partial charge in [0.05, 0.1) is 12.0 Å². The van der Waals surface area contributed by atoms with Crippen molar-refractivity contribution in [1.82, 2.24) is 0 Å². The molecular weight excluding hydrogens is 212 g/mol. The number of hydrogen-bond acceptors (Lipinski definition) is 2. The highest BCUT2D eigenvalue weighted by Crippen LogP contribution is 2.29. The van der Waals surface area contributed by atoms with Crippen molar-refractivity contribution in [2.45, 2.75) is 4.90 Å². The zero-order valence-corrected chi connectivity index (χ0v) is 7.95. The van der Waals surface area contributed by atoms with E-state index in [9.17, 15) is 0 Å². The van der Waals surface area contributed by atoms with E-state index in [1.807, 2.05) is 18.2 Å². The summed E-state index contributed by atoms with van der Waals surface area (Å²) in [6, 6.07) is 5.70. The summed E-state index contributed by atoms with van der Waals surface area (Å²) in [4.78, 5) is 0.838. The van der Waals surface area contributed by atoms with Crippen LogP contribution in [0.2, 0.25) is 0 Å². The summed E-state index contributed by atoms with van der Waals surface area (Å²) in [5, 5.41) is 0. The predicted octanol–water partition coefficient (Wildman–Crippen LogP) is 2.75. The molecule has 3 heteroatoms. The highest BCUT2D eigenvalue weighted by molar-refractivity contribution is 9.10. The lowest BCUT2D eigenvalue weighted by Gasteiger charge is -2.03. The maximum absolute atomic E-state index is 5.02. The Hall–Kier alpha value is -0.150. The molecule has 1 aromatic carbocycles. The molecule has 0 bridgehead atoms. The molecule has 0 unspecified atom stereocenters. The molecule has 0 aliphatic carbocycles. The van der Waals surface area contributed by atoms with E-state index in [-0.39, 0.29) is 0 Å². The zero-order chi connectivity index (χ0) is 7.56. The van der Waals surface area contributed by atoms with Crippen LogP contribution >= 0.6 is 28.6 Å². The minimum Gasteiger partial charge on any atom is -0.496 e. The van der Waals surface area contributed by atoms with E-state index in [1.165, 1.54) is 0 Å². The Morgan fingerprint density at radius 1 is 1.50 bits per heavy atom. The fourth-order valence-electron chi connectivity index (χ4n) is 0.660. The lowest BCUT2D eigenvalue weighted by atomic mass is 10.3. The van der Waals surface area contributed by atoms with Crippen LogP contribution in [-0.4, -0.2) is 7.11 Å². The minimum atomic E-state index is 0.790. The topological polar surface area (TPSA) is 9.23 Å². The van der Waals surface area contributed by atoms with Gasteiger partial charge < -0.3 is 4.74 Å². The summed E-state index contributed by atoms with van der Waals surface area (Å²) >= 11 is 7.55. The molecule has 1 aromatic rings. The molecule has 54 valence electrons. The fourth-order valence-corrected chi connectivity index (χ4v) is 1.25. The number of rotatable bonds is 1. The van der Waals surface area contributed by atoms with Crippen molar-refractivity contribution < 1.29 is 4.74 Å². The summed E-state index contributed by atoms with van der Waals surface area (Å²) in [5.41, 5.74) is 0. The second-order valence-electron chi connectivity index (χ2n) is 1.79. The lowest BCUT2D eigenvalue weighted by Crippen LogP contribution is -1.83. The van der Waals surface area contributed by atoms with Gasteiger partial charge in [0, 0.05) is 4.47 Å². The number of methoxy groups -OCH3 is 1. The van der Waals surface area contributed by atoms with E-state index in [1.54, 1.807) is 7.11 Å². The van der Waals surface area contributed by atoms with Gasteiger partial charge in [-0.25, -0.2) is 0 Å². The molecule has 0 saturated carbocycles. The number of benzene rings is 1. The molecule has 0 fully saturated rings. The average Bonchev–Trinajstić information content (AvgIpc) is 1.95. The maximum atomic E-state index is 5.02. The van der Waals surface area contributed by atoms with Crippen LogP contribution in [0.4, 0.5) is 0 Å². The first-order valence-corrected chi connectivity index (χ1v) is 4.01. The van der Waals surface area contributed by atoms with Crippen LogP contribution in [0.25, 0.3) is 0 Å². The summed E-state index contributed by atoms with van der Waals surface area (Å²) in [6.45, 7) is 0. The quantitative estimate of drug-likeness (QED) is 0.714. The number of hydrogen-bond donors (Lipinski definition) is 1. The van der Waals surface area contributed by atoms with Crippen molar-refractivity contribution in [3.8, 4) is 5.75 Å². The Kier molecular flexibility index (Phi) is 2.63. The first-order valence-electron chi connectivity index (χ1n) is 2.77. The van der Waals surface area contributed by atoms with Crippen LogP contribution in [0.5, 0.6) is 5.75 Å². The van der Waals surface area contributed by atoms with Crippen LogP contribution in [0, 0.1) is 0 Å². The molecule has 0 spiro atoms. The average molecular weight is 219 g/mol. The van der Waals surface area contributed by atoms with Crippen LogP contribution in [-0.2, 0) is 0 Å². The van der Waals surface area contributed by atoms with Gasteiger partial charge in [0.2, 0.25) is 0 Å². The van der Waals surface area contributed by atoms with Gasteiger partial charge >= 0.3 is 0 Å². The van der Waals surface area contributed by atoms with E-state index < -0.39 is 0 Å². The second kappa shape index (κ2) is 3.30. The van der Waals surface area contributed by atoms with Crippen LogP contribution in [0.3, 0.4) is 0 Å². The van der Waals surface area contributed by atoms with Gasteiger partial charge in [0.1, 0.15) is 5.75 Å². The van der Waals surface area contributed by atoms with Crippen molar-refractivity contribution in [1.29, 1.82) is 0 Å². The molecule has 0 aromatic heterocycles. The van der Waals surface area contributed by atoms with Gasteiger partial charge in [-0.1, -0.05) is 6.07 Å². The number of thiol groups is 1. The third kappa shape index (κ3) is 1.47. The van der Waals surface area contributed by atoms with E-state index in [0.29, 0.717) is 0 Å². The van der Waals surface area contributed by atoms with Gasteiger partial charge in [0.25, 0.3) is 0 Å². The molecule has 0 saturated heterocycles. The van der Waals surface area contributed by atoms with Crippen molar-refractivity contribution in [3.05, 3.63) is 22.7 Å². The van der Waals surface area contributed by atoms with Crippen LogP contribution in [0.1, 0.15) is 0 Å². The molecular formula is C7H7BrOS. The van der Waals surface area contributed by atoms with E-state index in [0.717, 1.165) is 15.1 Å². The first kappa shape index (κ1) is 7.95. The maximum Gasteiger partial charge on any atom is 0.133 e. The number of halogens is 1. The van der Waals surface area contributed by atoms with Gasteiger partial charge in [-0.05, 0) is 28.1 Å². The van der Waals surface area contributed by atoms with E-state index in [4.69, 9.17) is 4.74 Å². The highest BCUT2D eigenvalue weighted by atomic mass is 79.9. The fraction of sp³-hybridized carbons (Fsp3) is 0.143. The monoisotopic (exact) mass is 218 g/mol. The summed E-state index contributed by atoms with van der Waals surface area (Å²) in [5.74, 6) is 0.790. The lowest BCUT2D eigenvalue weighted by molar-refractivity contribution is 0.404. The predicted molar refractivity (Wildman–Crippen MR) is 47.9 cm³/mol. The summed E-state index contributed by atoms with van der Waals surface area (Å²) in [7, 11) is 1.63. The molecule has 0 amide bonds. The smallest absolute Gasteiger partial charge is 0.133 e. The molecule has 1 nitrogen and oxygen atoms in total. The van der Waals surface area contributed by atoms with Gasteiger partial charge in [0.15, 0.2) is 0 Å². The van der Waals surface area contributed by atoms with Gasteiger partial charge in [-0.2, -0.15) is 0 Å². The molecule has 0 atom stereocenters. The Balaban J connectivity index is 3.14. The van der Waals surface area contributed by atoms with Crippen LogP contribution < -0.4 is 4.74 Å².